The van der Waals surface area contributed by atoms with Crippen molar-refractivity contribution < 1.29 is 10.0 Å². The van der Waals surface area contributed by atoms with Gasteiger partial charge in [0.25, 0.3) is 0 Å². The highest BCUT2D eigenvalue weighted by Gasteiger charge is 2.25. The van der Waals surface area contributed by atoms with Gasteiger partial charge in [0, 0.05) is 13.6 Å². The number of aliphatic hydroxyl groups is 1. The van der Waals surface area contributed by atoms with Crippen LogP contribution in [-0.4, -0.2) is 32.5 Å². The van der Waals surface area contributed by atoms with E-state index < -0.39 is 4.92 Å². The van der Waals surface area contributed by atoms with Crippen LogP contribution in [-0.2, 0) is 13.5 Å². The van der Waals surface area contributed by atoms with Crippen LogP contribution in [0.3, 0.4) is 0 Å². The quantitative estimate of drug-likeness (QED) is 0.569. The third-order valence-corrected chi connectivity index (χ3v) is 2.85. The Morgan fingerprint density at radius 3 is 2.72 bits per heavy atom. The SMILES string of the molecule is CCc1nn(C)c(NCCC(O)CC)c1[N+](=O)[O-]. The second kappa shape index (κ2) is 6.34. The van der Waals surface area contributed by atoms with E-state index in [0.29, 0.717) is 37.3 Å². The summed E-state index contributed by atoms with van der Waals surface area (Å²) in [6.07, 6.45) is 1.37. The first-order valence-electron chi connectivity index (χ1n) is 6.13. The summed E-state index contributed by atoms with van der Waals surface area (Å²) in [6, 6.07) is 0. The maximum atomic E-state index is 11.0. The van der Waals surface area contributed by atoms with Gasteiger partial charge in [0.1, 0.15) is 5.69 Å². The molecule has 1 aromatic heterocycles. The van der Waals surface area contributed by atoms with Crippen LogP contribution in [0, 0.1) is 10.1 Å². The summed E-state index contributed by atoms with van der Waals surface area (Å²) in [5, 5.41) is 27.6. The zero-order valence-corrected chi connectivity index (χ0v) is 11.0. The fraction of sp³-hybridized carbons (Fsp3) is 0.727. The van der Waals surface area contributed by atoms with Crippen molar-refractivity contribution in [1.29, 1.82) is 0 Å². The number of hydrogen-bond acceptors (Lipinski definition) is 5. The largest absolute Gasteiger partial charge is 0.393 e. The summed E-state index contributed by atoms with van der Waals surface area (Å²) in [4.78, 5) is 10.6. The summed E-state index contributed by atoms with van der Waals surface area (Å²) in [5.74, 6) is 0.403. The van der Waals surface area contributed by atoms with Crippen LogP contribution < -0.4 is 5.32 Å². The lowest BCUT2D eigenvalue weighted by molar-refractivity contribution is -0.384. The van der Waals surface area contributed by atoms with Gasteiger partial charge < -0.3 is 10.4 Å². The molecule has 0 amide bonds. The molecule has 1 heterocycles. The molecule has 0 saturated carbocycles. The summed E-state index contributed by atoms with van der Waals surface area (Å²) >= 11 is 0. The highest BCUT2D eigenvalue weighted by atomic mass is 16.6. The Hall–Kier alpha value is -1.63. The zero-order chi connectivity index (χ0) is 13.7. The van der Waals surface area contributed by atoms with Crippen molar-refractivity contribution in [2.24, 2.45) is 7.05 Å². The van der Waals surface area contributed by atoms with E-state index in [2.05, 4.69) is 10.4 Å². The van der Waals surface area contributed by atoms with Crippen LogP contribution >= 0.6 is 0 Å². The molecular weight excluding hydrogens is 236 g/mol. The predicted octanol–water partition coefficient (Wildman–Crippen LogP) is 1.46. The molecule has 1 unspecified atom stereocenters. The van der Waals surface area contributed by atoms with Crippen molar-refractivity contribution in [3.05, 3.63) is 15.8 Å². The number of aliphatic hydroxyl groups excluding tert-OH is 1. The Balaban J connectivity index is 2.81. The molecule has 7 nitrogen and oxygen atoms in total. The van der Waals surface area contributed by atoms with Crippen LogP contribution in [0.2, 0.25) is 0 Å². The standard InChI is InChI=1S/C11H20N4O3/c1-4-8(16)6-7-12-11-10(15(17)18)9(5-2)13-14(11)3/h8,12,16H,4-7H2,1-3H3. The van der Waals surface area contributed by atoms with Gasteiger partial charge in [0.15, 0.2) is 0 Å². The molecule has 0 aromatic carbocycles. The molecular formula is C11H20N4O3. The van der Waals surface area contributed by atoms with Gasteiger partial charge in [-0.2, -0.15) is 5.10 Å². The van der Waals surface area contributed by atoms with Gasteiger partial charge in [0.2, 0.25) is 5.82 Å². The number of aryl methyl sites for hydroxylation is 2. The smallest absolute Gasteiger partial charge is 0.333 e. The molecule has 7 heteroatoms. The van der Waals surface area contributed by atoms with E-state index in [9.17, 15) is 15.2 Å². The normalized spacial score (nSPS) is 12.4. The summed E-state index contributed by atoms with van der Waals surface area (Å²) in [7, 11) is 1.67. The third-order valence-electron chi connectivity index (χ3n) is 2.85. The molecule has 2 N–H and O–H groups in total. The van der Waals surface area contributed by atoms with Crippen LogP contribution in [0.15, 0.2) is 0 Å². The van der Waals surface area contributed by atoms with Crippen LogP contribution in [0.1, 0.15) is 32.4 Å². The van der Waals surface area contributed by atoms with Crippen molar-refractivity contribution in [3.8, 4) is 0 Å². The Kier molecular flexibility index (Phi) is 5.08. The average molecular weight is 256 g/mol. The van der Waals surface area contributed by atoms with Crippen LogP contribution in [0.4, 0.5) is 11.5 Å². The number of nitrogens with one attached hydrogen (secondary N) is 1. The minimum Gasteiger partial charge on any atom is -0.393 e. The lowest BCUT2D eigenvalue weighted by atomic mass is 10.2. The maximum absolute atomic E-state index is 11.0. The first-order chi connectivity index (χ1) is 8.51. The van der Waals surface area contributed by atoms with Crippen LogP contribution in [0.25, 0.3) is 0 Å². The van der Waals surface area contributed by atoms with Gasteiger partial charge in [0.05, 0.1) is 11.0 Å². The summed E-state index contributed by atoms with van der Waals surface area (Å²) < 4.78 is 1.48. The van der Waals surface area contributed by atoms with Gasteiger partial charge in [-0.25, -0.2) is 4.68 Å². The Morgan fingerprint density at radius 1 is 1.56 bits per heavy atom. The highest BCUT2D eigenvalue weighted by Crippen LogP contribution is 2.28. The van der Waals surface area contributed by atoms with E-state index in [0.717, 1.165) is 0 Å². The van der Waals surface area contributed by atoms with Crippen molar-refractivity contribution in [2.45, 2.75) is 39.2 Å². The highest BCUT2D eigenvalue weighted by molar-refractivity contribution is 5.59. The van der Waals surface area contributed by atoms with E-state index in [-0.39, 0.29) is 11.8 Å². The number of hydrogen-bond donors (Lipinski definition) is 2. The second-order valence-electron chi connectivity index (χ2n) is 4.16. The summed E-state index contributed by atoms with van der Waals surface area (Å²) in [6.45, 7) is 4.21. The van der Waals surface area contributed by atoms with Gasteiger partial charge in [-0.3, -0.25) is 10.1 Å². The number of nitro groups is 1. The van der Waals surface area contributed by atoms with E-state index in [1.54, 1.807) is 7.05 Å². The number of nitrogens with zero attached hydrogens (tertiary/aromatic N) is 3. The second-order valence-corrected chi connectivity index (χ2v) is 4.16. The molecule has 102 valence electrons. The van der Waals surface area contributed by atoms with E-state index in [4.69, 9.17) is 0 Å². The van der Waals surface area contributed by atoms with E-state index in [1.807, 2.05) is 13.8 Å². The molecule has 18 heavy (non-hydrogen) atoms. The van der Waals surface area contributed by atoms with Crippen LogP contribution in [0.5, 0.6) is 0 Å². The average Bonchev–Trinajstić information content (AvgIpc) is 2.66. The molecule has 0 aliphatic carbocycles. The zero-order valence-electron chi connectivity index (χ0n) is 11.0. The lowest BCUT2D eigenvalue weighted by Crippen LogP contribution is -2.14. The topological polar surface area (TPSA) is 93.2 Å². The third kappa shape index (κ3) is 3.19. The Morgan fingerprint density at radius 2 is 2.22 bits per heavy atom. The van der Waals surface area contributed by atoms with Crippen molar-refractivity contribution in [3.63, 3.8) is 0 Å². The number of anilines is 1. The fourth-order valence-electron chi connectivity index (χ4n) is 1.76. The number of rotatable bonds is 7. The monoisotopic (exact) mass is 256 g/mol. The predicted molar refractivity (Wildman–Crippen MR) is 68.6 cm³/mol. The molecule has 0 fully saturated rings. The summed E-state index contributed by atoms with van der Waals surface area (Å²) in [5.41, 5.74) is 0.507. The Bertz CT molecular complexity index is 417. The lowest BCUT2D eigenvalue weighted by Gasteiger charge is -2.09. The fourth-order valence-corrected chi connectivity index (χ4v) is 1.76. The molecule has 1 aromatic rings. The first-order valence-corrected chi connectivity index (χ1v) is 6.13. The number of aromatic nitrogens is 2. The molecule has 1 atom stereocenters. The molecule has 0 radical (unpaired) electrons. The molecule has 0 aliphatic heterocycles. The van der Waals surface area contributed by atoms with E-state index >= 15 is 0 Å². The Labute approximate surface area is 106 Å². The maximum Gasteiger partial charge on any atom is 0.333 e. The van der Waals surface area contributed by atoms with Crippen molar-refractivity contribution in [1.82, 2.24) is 9.78 Å². The minimum atomic E-state index is -0.412. The van der Waals surface area contributed by atoms with Gasteiger partial charge in [-0.05, 0) is 19.3 Å². The van der Waals surface area contributed by atoms with Crippen molar-refractivity contribution in [2.75, 3.05) is 11.9 Å². The molecule has 0 bridgehead atoms. The van der Waals surface area contributed by atoms with Gasteiger partial charge in [-0.15, -0.1) is 0 Å². The molecule has 1 rings (SSSR count). The molecule has 0 saturated heterocycles. The molecule has 0 spiro atoms. The van der Waals surface area contributed by atoms with E-state index in [1.165, 1.54) is 4.68 Å². The first kappa shape index (κ1) is 14.4. The van der Waals surface area contributed by atoms with Crippen molar-refractivity contribution >= 4 is 11.5 Å². The van der Waals surface area contributed by atoms with Gasteiger partial charge >= 0.3 is 5.69 Å². The minimum absolute atomic E-state index is 0.0333. The molecule has 0 aliphatic rings. The van der Waals surface area contributed by atoms with Gasteiger partial charge in [-0.1, -0.05) is 13.8 Å².